The minimum absolute atomic E-state index is 0.437. The standard InChI is InChI=1S/C13H14BrNO2/c1-15-8-10-6-7-16-13(10)9-17-12-5-3-2-4-11(12)14/h2-7,15H,8-9H2,1H3. The highest BCUT2D eigenvalue weighted by atomic mass is 79.9. The van der Waals surface area contributed by atoms with Crippen LogP contribution in [0.2, 0.25) is 0 Å². The lowest BCUT2D eigenvalue weighted by Crippen LogP contribution is -2.07. The number of halogens is 1. The summed E-state index contributed by atoms with van der Waals surface area (Å²) in [5, 5.41) is 3.10. The molecular weight excluding hydrogens is 282 g/mol. The monoisotopic (exact) mass is 295 g/mol. The molecule has 2 aromatic rings. The summed E-state index contributed by atoms with van der Waals surface area (Å²) in [5.74, 6) is 1.68. The number of hydrogen-bond donors (Lipinski definition) is 1. The molecule has 1 N–H and O–H groups in total. The molecule has 0 saturated carbocycles. The molecule has 0 amide bonds. The minimum atomic E-state index is 0.437. The van der Waals surface area contributed by atoms with Gasteiger partial charge < -0.3 is 14.5 Å². The first kappa shape index (κ1) is 12.2. The first-order chi connectivity index (χ1) is 8.31. The van der Waals surface area contributed by atoms with Crippen LogP contribution in [0.1, 0.15) is 11.3 Å². The van der Waals surface area contributed by atoms with Gasteiger partial charge in [-0.2, -0.15) is 0 Å². The molecule has 0 bridgehead atoms. The summed E-state index contributed by atoms with van der Waals surface area (Å²) in [7, 11) is 1.91. The summed E-state index contributed by atoms with van der Waals surface area (Å²) in [6.45, 7) is 1.22. The molecule has 0 spiro atoms. The van der Waals surface area contributed by atoms with E-state index in [9.17, 15) is 0 Å². The zero-order chi connectivity index (χ0) is 12.1. The van der Waals surface area contributed by atoms with E-state index >= 15 is 0 Å². The Morgan fingerprint density at radius 2 is 2.12 bits per heavy atom. The molecule has 4 heteroatoms. The van der Waals surface area contributed by atoms with E-state index in [1.165, 1.54) is 0 Å². The topological polar surface area (TPSA) is 34.4 Å². The van der Waals surface area contributed by atoms with Gasteiger partial charge in [0.1, 0.15) is 18.1 Å². The van der Waals surface area contributed by atoms with Crippen LogP contribution in [0, 0.1) is 0 Å². The SMILES string of the molecule is CNCc1ccoc1COc1ccccc1Br. The van der Waals surface area contributed by atoms with Crippen LogP contribution >= 0.6 is 15.9 Å². The van der Waals surface area contributed by atoms with Crippen molar-refractivity contribution >= 4 is 15.9 Å². The van der Waals surface area contributed by atoms with E-state index in [0.717, 1.165) is 28.1 Å². The molecule has 0 saturated heterocycles. The Labute approximate surface area is 109 Å². The molecule has 0 radical (unpaired) electrons. The third-order valence-electron chi connectivity index (χ3n) is 2.40. The van der Waals surface area contributed by atoms with Crippen molar-refractivity contribution in [3.05, 3.63) is 52.4 Å². The normalized spacial score (nSPS) is 10.5. The van der Waals surface area contributed by atoms with E-state index in [-0.39, 0.29) is 0 Å². The van der Waals surface area contributed by atoms with Crippen LogP contribution in [0.15, 0.2) is 45.5 Å². The lowest BCUT2D eigenvalue weighted by atomic mass is 10.2. The number of nitrogens with one attached hydrogen (secondary N) is 1. The van der Waals surface area contributed by atoms with E-state index in [0.29, 0.717) is 6.61 Å². The molecule has 0 fully saturated rings. The number of rotatable bonds is 5. The number of furan rings is 1. The van der Waals surface area contributed by atoms with Gasteiger partial charge in [0.25, 0.3) is 0 Å². The van der Waals surface area contributed by atoms with Crippen molar-refractivity contribution in [1.29, 1.82) is 0 Å². The average molecular weight is 296 g/mol. The maximum atomic E-state index is 5.70. The highest BCUT2D eigenvalue weighted by Gasteiger charge is 2.07. The Balaban J connectivity index is 2.02. The Bertz CT molecular complexity index is 482. The third kappa shape index (κ3) is 3.11. The van der Waals surface area contributed by atoms with Gasteiger partial charge in [-0.05, 0) is 41.2 Å². The maximum Gasteiger partial charge on any atom is 0.146 e. The smallest absolute Gasteiger partial charge is 0.146 e. The van der Waals surface area contributed by atoms with Gasteiger partial charge in [-0.25, -0.2) is 0 Å². The van der Waals surface area contributed by atoms with E-state index in [4.69, 9.17) is 9.15 Å². The van der Waals surface area contributed by atoms with Gasteiger partial charge >= 0.3 is 0 Å². The van der Waals surface area contributed by atoms with E-state index in [1.54, 1.807) is 6.26 Å². The van der Waals surface area contributed by atoms with Crippen molar-refractivity contribution in [2.24, 2.45) is 0 Å². The number of para-hydroxylation sites is 1. The second kappa shape index (κ2) is 5.89. The molecule has 90 valence electrons. The molecule has 1 aromatic carbocycles. The highest BCUT2D eigenvalue weighted by molar-refractivity contribution is 9.10. The van der Waals surface area contributed by atoms with Crippen molar-refractivity contribution < 1.29 is 9.15 Å². The van der Waals surface area contributed by atoms with Crippen molar-refractivity contribution in [3.8, 4) is 5.75 Å². The number of benzene rings is 1. The zero-order valence-corrected chi connectivity index (χ0v) is 11.2. The molecule has 0 aliphatic carbocycles. The molecule has 2 rings (SSSR count). The van der Waals surface area contributed by atoms with Crippen LogP contribution in [0.3, 0.4) is 0 Å². The van der Waals surface area contributed by atoms with Crippen molar-refractivity contribution in [2.75, 3.05) is 7.05 Å². The number of ether oxygens (including phenoxy) is 1. The Morgan fingerprint density at radius 3 is 2.88 bits per heavy atom. The summed E-state index contributed by atoms with van der Waals surface area (Å²) in [4.78, 5) is 0. The minimum Gasteiger partial charge on any atom is -0.484 e. The molecule has 0 aliphatic heterocycles. The van der Waals surface area contributed by atoms with E-state index in [1.807, 2.05) is 37.4 Å². The van der Waals surface area contributed by atoms with Crippen LogP contribution < -0.4 is 10.1 Å². The molecular formula is C13H14BrNO2. The molecule has 17 heavy (non-hydrogen) atoms. The zero-order valence-electron chi connectivity index (χ0n) is 9.57. The lowest BCUT2D eigenvalue weighted by Gasteiger charge is -2.07. The first-order valence-corrected chi connectivity index (χ1v) is 6.17. The van der Waals surface area contributed by atoms with Gasteiger partial charge in [-0.3, -0.25) is 0 Å². The predicted octanol–water partition coefficient (Wildman–Crippen LogP) is 3.34. The van der Waals surface area contributed by atoms with Gasteiger partial charge in [0.05, 0.1) is 10.7 Å². The summed E-state index contributed by atoms with van der Waals surface area (Å²) >= 11 is 3.44. The average Bonchev–Trinajstić information content (AvgIpc) is 2.76. The van der Waals surface area contributed by atoms with E-state index in [2.05, 4.69) is 21.2 Å². The van der Waals surface area contributed by atoms with Gasteiger partial charge in [0.15, 0.2) is 0 Å². The van der Waals surface area contributed by atoms with Crippen LogP contribution in [-0.2, 0) is 13.2 Å². The van der Waals surface area contributed by atoms with Gasteiger partial charge in [0, 0.05) is 12.1 Å². The summed E-state index contributed by atoms with van der Waals surface area (Å²) in [6.07, 6.45) is 1.69. The Morgan fingerprint density at radius 1 is 1.29 bits per heavy atom. The quantitative estimate of drug-likeness (QED) is 0.919. The van der Waals surface area contributed by atoms with Crippen molar-refractivity contribution in [2.45, 2.75) is 13.2 Å². The third-order valence-corrected chi connectivity index (χ3v) is 3.06. The summed E-state index contributed by atoms with van der Waals surface area (Å²) in [5.41, 5.74) is 1.12. The molecule has 0 unspecified atom stereocenters. The fourth-order valence-corrected chi connectivity index (χ4v) is 1.95. The second-order valence-corrected chi connectivity index (χ2v) is 4.47. The fourth-order valence-electron chi connectivity index (χ4n) is 1.55. The van der Waals surface area contributed by atoms with Gasteiger partial charge in [0.2, 0.25) is 0 Å². The van der Waals surface area contributed by atoms with Crippen molar-refractivity contribution in [3.63, 3.8) is 0 Å². The van der Waals surface area contributed by atoms with Crippen LogP contribution in [-0.4, -0.2) is 7.05 Å². The maximum absolute atomic E-state index is 5.70. The molecule has 0 aliphatic rings. The summed E-state index contributed by atoms with van der Waals surface area (Å²) in [6, 6.07) is 9.72. The molecule has 1 aromatic heterocycles. The van der Waals surface area contributed by atoms with Gasteiger partial charge in [-0.15, -0.1) is 0 Å². The Kier molecular flexibility index (Phi) is 4.23. The van der Waals surface area contributed by atoms with Crippen molar-refractivity contribution in [1.82, 2.24) is 5.32 Å². The first-order valence-electron chi connectivity index (χ1n) is 5.38. The van der Waals surface area contributed by atoms with Gasteiger partial charge in [-0.1, -0.05) is 12.1 Å². The largest absolute Gasteiger partial charge is 0.484 e. The number of hydrogen-bond acceptors (Lipinski definition) is 3. The van der Waals surface area contributed by atoms with E-state index < -0.39 is 0 Å². The Hall–Kier alpha value is -1.26. The molecule has 1 heterocycles. The summed E-state index contributed by atoms with van der Waals surface area (Å²) < 4.78 is 12.0. The van der Waals surface area contributed by atoms with Crippen LogP contribution in [0.4, 0.5) is 0 Å². The highest BCUT2D eigenvalue weighted by Crippen LogP contribution is 2.25. The van der Waals surface area contributed by atoms with Crippen LogP contribution in [0.25, 0.3) is 0 Å². The molecule has 3 nitrogen and oxygen atoms in total. The van der Waals surface area contributed by atoms with Crippen LogP contribution in [0.5, 0.6) is 5.75 Å². The lowest BCUT2D eigenvalue weighted by molar-refractivity contribution is 0.266. The fraction of sp³-hybridized carbons (Fsp3) is 0.231. The second-order valence-electron chi connectivity index (χ2n) is 3.62. The predicted molar refractivity (Wildman–Crippen MR) is 69.9 cm³/mol. The molecule has 0 atom stereocenters.